The molecule has 2 aliphatic carbocycles. The molecule has 0 radical (unpaired) electrons. The van der Waals surface area contributed by atoms with Crippen molar-refractivity contribution in [3.8, 4) is 11.5 Å². The smallest absolute Gasteiger partial charge is 0.305 e. The molecule has 4 rings (SSSR count). The Morgan fingerprint density at radius 1 is 1.09 bits per heavy atom. The number of aromatic hydroxyl groups is 1. The first-order valence-electron chi connectivity index (χ1n) is 11.0. The number of aliphatic carboxylic acids is 1. The standard InChI is InChI=1S/C24H26BrNO6/c1-2-32-19-12-13(11-14(25)24(19)31)21-22-15(5-3-7-17(22)27)26(10-9-20(29)30)16-6-4-8-18(28)23(16)21/h11-12,21,31H,2-10H2,1H3,(H,29,30). The number of carboxylic acid groups (broad SMARTS) is 1. The van der Waals surface area contributed by atoms with Gasteiger partial charge in [-0.1, -0.05) is 0 Å². The van der Waals surface area contributed by atoms with Gasteiger partial charge in [0, 0.05) is 47.8 Å². The lowest BCUT2D eigenvalue weighted by Crippen LogP contribution is -2.39. The molecule has 1 aromatic rings. The van der Waals surface area contributed by atoms with Crippen LogP contribution in [-0.2, 0) is 14.4 Å². The fourth-order valence-electron chi connectivity index (χ4n) is 5.05. The molecule has 7 nitrogen and oxygen atoms in total. The molecule has 1 aromatic carbocycles. The van der Waals surface area contributed by atoms with Gasteiger partial charge >= 0.3 is 5.97 Å². The summed E-state index contributed by atoms with van der Waals surface area (Å²) in [7, 11) is 0. The van der Waals surface area contributed by atoms with E-state index < -0.39 is 11.9 Å². The lowest BCUT2D eigenvalue weighted by atomic mass is 9.71. The van der Waals surface area contributed by atoms with E-state index in [1.807, 2.05) is 11.8 Å². The minimum atomic E-state index is -0.912. The maximum atomic E-state index is 13.2. The van der Waals surface area contributed by atoms with Crippen LogP contribution in [0.1, 0.15) is 63.4 Å². The van der Waals surface area contributed by atoms with Crippen LogP contribution in [-0.4, -0.2) is 45.8 Å². The summed E-state index contributed by atoms with van der Waals surface area (Å²) in [5.74, 6) is -1.21. The number of carbonyl (C=O) groups excluding carboxylic acids is 2. The van der Waals surface area contributed by atoms with Gasteiger partial charge in [0.15, 0.2) is 23.1 Å². The zero-order valence-corrected chi connectivity index (χ0v) is 19.5. The van der Waals surface area contributed by atoms with E-state index in [-0.39, 0.29) is 30.3 Å². The largest absolute Gasteiger partial charge is 0.503 e. The topological polar surface area (TPSA) is 104 Å². The van der Waals surface area contributed by atoms with Crippen molar-refractivity contribution in [2.24, 2.45) is 0 Å². The van der Waals surface area contributed by atoms with Crippen molar-refractivity contribution >= 4 is 33.5 Å². The number of ether oxygens (including phenoxy) is 1. The highest BCUT2D eigenvalue weighted by atomic mass is 79.9. The number of benzene rings is 1. The highest BCUT2D eigenvalue weighted by Crippen LogP contribution is 2.51. The van der Waals surface area contributed by atoms with E-state index in [1.165, 1.54) is 0 Å². The van der Waals surface area contributed by atoms with Crippen molar-refractivity contribution in [3.63, 3.8) is 0 Å². The number of halogens is 1. The molecular formula is C24H26BrNO6. The van der Waals surface area contributed by atoms with Gasteiger partial charge < -0.3 is 19.8 Å². The maximum Gasteiger partial charge on any atom is 0.305 e. The fraction of sp³-hybridized carbons (Fsp3) is 0.458. The molecule has 0 atom stereocenters. The van der Waals surface area contributed by atoms with Crippen molar-refractivity contribution in [1.29, 1.82) is 0 Å². The summed E-state index contributed by atoms with van der Waals surface area (Å²) in [4.78, 5) is 39.7. The van der Waals surface area contributed by atoms with Gasteiger partial charge in [0.05, 0.1) is 17.5 Å². The Balaban J connectivity index is 1.93. The average molecular weight is 504 g/mol. The van der Waals surface area contributed by atoms with Crippen molar-refractivity contribution in [2.45, 2.75) is 57.8 Å². The van der Waals surface area contributed by atoms with Crippen LogP contribution in [0.3, 0.4) is 0 Å². The first-order valence-corrected chi connectivity index (χ1v) is 11.8. The Hall–Kier alpha value is -2.61. The number of carbonyl (C=O) groups is 3. The molecule has 1 aliphatic heterocycles. The van der Waals surface area contributed by atoms with E-state index in [2.05, 4.69) is 15.9 Å². The highest BCUT2D eigenvalue weighted by Gasteiger charge is 2.43. The van der Waals surface area contributed by atoms with Crippen LogP contribution >= 0.6 is 15.9 Å². The van der Waals surface area contributed by atoms with E-state index >= 15 is 0 Å². The third-order valence-electron chi connectivity index (χ3n) is 6.32. The van der Waals surface area contributed by atoms with Crippen LogP contribution < -0.4 is 4.74 Å². The normalized spacial score (nSPS) is 19.2. The SMILES string of the molecule is CCOc1cc(C2C3=C(CCCC3=O)N(CCC(=O)O)C3=C2C(=O)CCC3)cc(Br)c1O. The summed E-state index contributed by atoms with van der Waals surface area (Å²) < 4.78 is 6.04. The lowest BCUT2D eigenvalue weighted by Gasteiger charge is -2.44. The molecule has 0 spiro atoms. The number of carboxylic acids is 1. The Morgan fingerprint density at radius 2 is 1.69 bits per heavy atom. The summed E-state index contributed by atoms with van der Waals surface area (Å²) in [6.45, 7) is 2.41. The van der Waals surface area contributed by atoms with Crippen LogP contribution in [0, 0.1) is 0 Å². The summed E-state index contributed by atoms with van der Waals surface area (Å²) >= 11 is 3.38. The maximum absolute atomic E-state index is 13.2. The molecule has 0 fully saturated rings. The number of phenols is 1. The summed E-state index contributed by atoms with van der Waals surface area (Å²) in [5, 5.41) is 19.7. The molecule has 0 aromatic heterocycles. The number of Topliss-reactive ketones (excluding diaryl/α,β-unsaturated/α-hetero) is 2. The fourth-order valence-corrected chi connectivity index (χ4v) is 5.51. The van der Waals surface area contributed by atoms with Crippen molar-refractivity contribution in [3.05, 3.63) is 44.7 Å². The molecule has 0 unspecified atom stereocenters. The predicted molar refractivity (Wildman–Crippen MR) is 120 cm³/mol. The van der Waals surface area contributed by atoms with Gasteiger partial charge in [0.25, 0.3) is 0 Å². The second-order valence-corrected chi connectivity index (χ2v) is 9.14. The molecule has 32 heavy (non-hydrogen) atoms. The molecule has 0 bridgehead atoms. The number of rotatable bonds is 6. The van der Waals surface area contributed by atoms with E-state index in [0.29, 0.717) is 72.1 Å². The minimum Gasteiger partial charge on any atom is -0.503 e. The summed E-state index contributed by atoms with van der Waals surface area (Å²) in [5.41, 5.74) is 3.54. The first kappa shape index (κ1) is 22.6. The van der Waals surface area contributed by atoms with Gasteiger partial charge in [0.2, 0.25) is 0 Å². The van der Waals surface area contributed by atoms with Crippen LogP contribution in [0.2, 0.25) is 0 Å². The first-order chi connectivity index (χ1) is 15.3. The number of hydrogen-bond acceptors (Lipinski definition) is 6. The second-order valence-electron chi connectivity index (χ2n) is 8.29. The Morgan fingerprint density at radius 3 is 2.22 bits per heavy atom. The number of allylic oxidation sites excluding steroid dienone is 4. The van der Waals surface area contributed by atoms with Crippen molar-refractivity contribution < 1.29 is 29.3 Å². The van der Waals surface area contributed by atoms with Crippen molar-refractivity contribution in [1.82, 2.24) is 4.90 Å². The third-order valence-corrected chi connectivity index (χ3v) is 6.92. The molecular weight excluding hydrogens is 478 g/mol. The van der Waals surface area contributed by atoms with Crippen LogP contribution in [0.25, 0.3) is 0 Å². The second kappa shape index (κ2) is 9.10. The molecule has 1 heterocycles. The van der Waals surface area contributed by atoms with Gasteiger partial charge in [-0.2, -0.15) is 0 Å². The molecule has 3 aliphatic rings. The Kier molecular flexibility index (Phi) is 6.42. The van der Waals surface area contributed by atoms with Gasteiger partial charge in [0.1, 0.15) is 0 Å². The quantitative estimate of drug-likeness (QED) is 0.590. The van der Waals surface area contributed by atoms with Crippen LogP contribution in [0.15, 0.2) is 39.1 Å². The minimum absolute atomic E-state index is 0.0105. The monoisotopic (exact) mass is 503 g/mol. The van der Waals surface area contributed by atoms with E-state index in [9.17, 15) is 24.6 Å². The third kappa shape index (κ3) is 3.96. The molecule has 0 saturated heterocycles. The van der Waals surface area contributed by atoms with Gasteiger partial charge in [-0.25, -0.2) is 0 Å². The zero-order chi connectivity index (χ0) is 23.0. The summed E-state index contributed by atoms with van der Waals surface area (Å²) in [6.07, 6.45) is 3.47. The van der Waals surface area contributed by atoms with Gasteiger partial charge in [-0.3, -0.25) is 14.4 Å². The number of hydrogen-bond donors (Lipinski definition) is 2. The van der Waals surface area contributed by atoms with Gasteiger partial charge in [-0.15, -0.1) is 0 Å². The van der Waals surface area contributed by atoms with E-state index in [0.717, 1.165) is 11.4 Å². The van der Waals surface area contributed by atoms with E-state index in [4.69, 9.17) is 4.74 Å². The zero-order valence-electron chi connectivity index (χ0n) is 17.9. The van der Waals surface area contributed by atoms with Gasteiger partial charge in [-0.05, 0) is 66.2 Å². The number of ketones is 2. The van der Waals surface area contributed by atoms with Crippen LogP contribution in [0.5, 0.6) is 11.5 Å². The molecule has 170 valence electrons. The van der Waals surface area contributed by atoms with Crippen LogP contribution in [0.4, 0.5) is 0 Å². The predicted octanol–water partition coefficient (Wildman–Crippen LogP) is 4.44. The lowest BCUT2D eigenvalue weighted by molar-refractivity contribution is -0.137. The highest BCUT2D eigenvalue weighted by molar-refractivity contribution is 9.10. The molecule has 2 N–H and O–H groups in total. The number of phenolic OH excluding ortho intramolecular Hbond substituents is 1. The molecule has 8 heteroatoms. The molecule has 0 amide bonds. The number of nitrogens with zero attached hydrogens (tertiary/aromatic N) is 1. The summed E-state index contributed by atoms with van der Waals surface area (Å²) in [6, 6.07) is 3.45. The molecule has 0 saturated carbocycles. The average Bonchev–Trinajstić information content (AvgIpc) is 2.75. The van der Waals surface area contributed by atoms with Crippen molar-refractivity contribution in [2.75, 3.05) is 13.2 Å². The Labute approximate surface area is 194 Å². The van der Waals surface area contributed by atoms with E-state index in [1.54, 1.807) is 12.1 Å². The Bertz CT molecular complexity index is 1010.